The smallest absolute Gasteiger partial charge is 0.200 e. The number of ether oxygens (including phenoxy) is 1. The van der Waals surface area contributed by atoms with Gasteiger partial charge >= 0.3 is 0 Å². The van der Waals surface area contributed by atoms with Crippen LogP contribution in [0.3, 0.4) is 0 Å². The lowest BCUT2D eigenvalue weighted by molar-refractivity contribution is 0.306. The summed E-state index contributed by atoms with van der Waals surface area (Å²) in [5, 5.41) is 0. The van der Waals surface area contributed by atoms with Gasteiger partial charge in [-0.05, 0) is 42.0 Å². The molecule has 0 spiro atoms. The molecule has 160 valence electrons. The average molecular weight is 406 g/mol. The summed E-state index contributed by atoms with van der Waals surface area (Å²) in [5.41, 5.74) is 11.1. The molecule has 1 aromatic heterocycles. The fourth-order valence-electron chi connectivity index (χ4n) is 3.69. The molecule has 30 heavy (non-hydrogen) atoms. The molecule has 0 unspecified atom stereocenters. The summed E-state index contributed by atoms with van der Waals surface area (Å²) < 4.78 is 8.02. The fraction of sp³-hybridized carbons (Fsp3) is 0.423. The van der Waals surface area contributed by atoms with E-state index in [1.807, 2.05) is 6.07 Å². The van der Waals surface area contributed by atoms with Gasteiger partial charge in [-0.3, -0.25) is 0 Å². The third kappa shape index (κ3) is 6.12. The predicted molar refractivity (Wildman–Crippen MR) is 125 cm³/mol. The van der Waals surface area contributed by atoms with Crippen molar-refractivity contribution in [2.24, 2.45) is 5.92 Å². The number of nitrogen functional groups attached to an aromatic ring is 1. The summed E-state index contributed by atoms with van der Waals surface area (Å²) in [6, 6.07) is 18.9. The molecule has 2 N–H and O–H groups in total. The maximum absolute atomic E-state index is 6.35. The molecule has 0 saturated carbocycles. The maximum atomic E-state index is 6.35. The second-order valence-corrected chi connectivity index (χ2v) is 8.41. The van der Waals surface area contributed by atoms with Gasteiger partial charge in [-0.2, -0.15) is 0 Å². The van der Waals surface area contributed by atoms with Crippen molar-refractivity contribution in [3.8, 4) is 5.75 Å². The summed E-state index contributed by atoms with van der Waals surface area (Å²) in [4.78, 5) is 4.76. The molecule has 3 rings (SSSR count). The lowest BCUT2D eigenvalue weighted by Gasteiger charge is -2.13. The highest BCUT2D eigenvalue weighted by Gasteiger charge is 2.17. The van der Waals surface area contributed by atoms with Crippen molar-refractivity contribution in [3.63, 3.8) is 0 Å². The van der Waals surface area contributed by atoms with Crippen LogP contribution in [0, 0.1) is 5.92 Å². The monoisotopic (exact) mass is 405 g/mol. The molecule has 0 bridgehead atoms. The van der Waals surface area contributed by atoms with Crippen molar-refractivity contribution in [2.75, 3.05) is 12.3 Å². The molecule has 0 aliphatic carbocycles. The molecule has 0 radical (unpaired) electrons. The Morgan fingerprint density at radius 2 is 1.70 bits per heavy atom. The van der Waals surface area contributed by atoms with Crippen molar-refractivity contribution in [3.05, 3.63) is 77.1 Å². The van der Waals surface area contributed by atoms with E-state index >= 15 is 0 Å². The maximum Gasteiger partial charge on any atom is 0.200 e. The molecule has 3 aromatic rings. The van der Waals surface area contributed by atoms with Crippen LogP contribution in [0.1, 0.15) is 62.5 Å². The first kappa shape index (κ1) is 21.9. The molecule has 4 nitrogen and oxygen atoms in total. The molecule has 2 aromatic carbocycles. The van der Waals surface area contributed by atoms with E-state index in [1.165, 1.54) is 29.7 Å². The Kier molecular flexibility index (Phi) is 7.95. The van der Waals surface area contributed by atoms with Crippen LogP contribution in [0.4, 0.5) is 5.95 Å². The molecule has 0 amide bonds. The predicted octanol–water partition coefficient (Wildman–Crippen LogP) is 5.87. The Balaban J connectivity index is 1.75. The largest absolute Gasteiger partial charge is 0.494 e. The molecular formula is C26H35N3O. The summed E-state index contributed by atoms with van der Waals surface area (Å²) in [5.74, 6) is 2.07. The van der Waals surface area contributed by atoms with Crippen molar-refractivity contribution in [1.29, 1.82) is 0 Å². The van der Waals surface area contributed by atoms with Crippen LogP contribution in [0.5, 0.6) is 5.75 Å². The number of imidazole rings is 1. The highest BCUT2D eigenvalue weighted by Crippen LogP contribution is 2.23. The molecule has 0 aliphatic heterocycles. The number of nitrogens with zero attached hydrogens (tertiary/aromatic N) is 2. The van der Waals surface area contributed by atoms with E-state index in [-0.39, 0.29) is 0 Å². The first-order chi connectivity index (χ1) is 14.6. The van der Waals surface area contributed by atoms with Crippen LogP contribution in [0.25, 0.3) is 0 Å². The van der Waals surface area contributed by atoms with Gasteiger partial charge in [0.25, 0.3) is 0 Å². The molecule has 0 atom stereocenters. The van der Waals surface area contributed by atoms with E-state index in [4.69, 9.17) is 15.5 Å². The standard InChI is InChI=1S/C26H35N3O/c1-4-5-9-16-30-23-14-12-21(13-15-23)18-24-25(17-20(2)3)29(26(27)28-24)19-22-10-7-6-8-11-22/h6-8,10-15,20H,4-5,9,16-19H2,1-3H3,(H2,27,28). The van der Waals surface area contributed by atoms with Crippen molar-refractivity contribution in [2.45, 2.75) is 59.4 Å². The SMILES string of the molecule is CCCCCOc1ccc(Cc2nc(N)n(Cc3ccccc3)c2CC(C)C)cc1. The Morgan fingerprint density at radius 1 is 0.967 bits per heavy atom. The van der Waals surface area contributed by atoms with Crippen LogP contribution in [-0.4, -0.2) is 16.2 Å². The zero-order chi connectivity index (χ0) is 21.3. The number of benzene rings is 2. The normalized spacial score (nSPS) is 11.2. The molecule has 0 aliphatic rings. The van der Waals surface area contributed by atoms with E-state index in [1.54, 1.807) is 0 Å². The highest BCUT2D eigenvalue weighted by atomic mass is 16.5. The number of hydrogen-bond donors (Lipinski definition) is 1. The summed E-state index contributed by atoms with van der Waals surface area (Å²) in [6.45, 7) is 8.23. The third-order valence-electron chi connectivity index (χ3n) is 5.28. The quantitative estimate of drug-likeness (QED) is 0.406. The minimum atomic E-state index is 0.535. The molecule has 0 fully saturated rings. The van der Waals surface area contributed by atoms with Crippen molar-refractivity contribution in [1.82, 2.24) is 9.55 Å². The van der Waals surface area contributed by atoms with E-state index in [9.17, 15) is 0 Å². The lowest BCUT2D eigenvalue weighted by Crippen LogP contribution is -2.11. The lowest BCUT2D eigenvalue weighted by atomic mass is 10.0. The van der Waals surface area contributed by atoms with Crippen molar-refractivity contribution < 1.29 is 4.74 Å². The average Bonchev–Trinajstić information content (AvgIpc) is 3.01. The molecule has 1 heterocycles. The zero-order valence-electron chi connectivity index (χ0n) is 18.6. The van der Waals surface area contributed by atoms with Crippen LogP contribution in [0.2, 0.25) is 0 Å². The van der Waals surface area contributed by atoms with Crippen LogP contribution in [-0.2, 0) is 19.4 Å². The van der Waals surface area contributed by atoms with E-state index < -0.39 is 0 Å². The van der Waals surface area contributed by atoms with Crippen LogP contribution < -0.4 is 10.5 Å². The summed E-state index contributed by atoms with van der Waals surface area (Å²) in [6.07, 6.45) is 5.27. The minimum Gasteiger partial charge on any atom is -0.494 e. The van der Waals surface area contributed by atoms with Gasteiger partial charge in [-0.1, -0.05) is 76.1 Å². The third-order valence-corrected chi connectivity index (χ3v) is 5.28. The van der Waals surface area contributed by atoms with Gasteiger partial charge in [0.2, 0.25) is 5.95 Å². The number of aromatic nitrogens is 2. The Labute approximate surface area is 181 Å². The van der Waals surface area contributed by atoms with Gasteiger partial charge in [0.15, 0.2) is 0 Å². The Bertz CT molecular complexity index is 898. The van der Waals surface area contributed by atoms with Gasteiger partial charge in [0.05, 0.1) is 18.8 Å². The Morgan fingerprint density at radius 3 is 2.37 bits per heavy atom. The number of nitrogens with two attached hydrogens (primary N) is 1. The van der Waals surface area contributed by atoms with E-state index in [2.05, 4.69) is 73.9 Å². The molecule has 0 saturated heterocycles. The first-order valence-corrected chi connectivity index (χ1v) is 11.2. The van der Waals surface area contributed by atoms with Gasteiger partial charge in [-0.25, -0.2) is 4.98 Å². The van der Waals surface area contributed by atoms with Crippen molar-refractivity contribution >= 4 is 5.95 Å². The van der Waals surface area contributed by atoms with Gasteiger partial charge < -0.3 is 15.0 Å². The Hall–Kier alpha value is -2.75. The van der Waals surface area contributed by atoms with E-state index in [0.717, 1.165) is 43.9 Å². The highest BCUT2D eigenvalue weighted by molar-refractivity contribution is 5.36. The van der Waals surface area contributed by atoms with Gasteiger partial charge in [0, 0.05) is 12.1 Å². The second-order valence-electron chi connectivity index (χ2n) is 8.41. The summed E-state index contributed by atoms with van der Waals surface area (Å²) in [7, 11) is 0. The number of unbranched alkanes of at least 4 members (excludes halogenated alkanes) is 2. The van der Waals surface area contributed by atoms with Crippen LogP contribution >= 0.6 is 0 Å². The van der Waals surface area contributed by atoms with Gasteiger partial charge in [0.1, 0.15) is 5.75 Å². The van der Waals surface area contributed by atoms with Crippen LogP contribution in [0.15, 0.2) is 54.6 Å². The number of hydrogen-bond acceptors (Lipinski definition) is 3. The topological polar surface area (TPSA) is 53.1 Å². The van der Waals surface area contributed by atoms with Gasteiger partial charge in [-0.15, -0.1) is 0 Å². The molecule has 4 heteroatoms. The molecular weight excluding hydrogens is 370 g/mol. The second kappa shape index (κ2) is 10.9. The first-order valence-electron chi connectivity index (χ1n) is 11.2. The van der Waals surface area contributed by atoms with E-state index in [0.29, 0.717) is 11.9 Å². The summed E-state index contributed by atoms with van der Waals surface area (Å²) >= 11 is 0. The number of rotatable bonds is 11. The fourth-order valence-corrected chi connectivity index (χ4v) is 3.69. The number of anilines is 1. The zero-order valence-corrected chi connectivity index (χ0v) is 18.6. The minimum absolute atomic E-state index is 0.535.